The zero-order valence-electron chi connectivity index (χ0n) is 15.6. The molecule has 3 aromatic rings. The quantitative estimate of drug-likeness (QED) is 0.666. The lowest BCUT2D eigenvalue weighted by Crippen LogP contribution is -2.36. The predicted molar refractivity (Wildman–Crippen MR) is 114 cm³/mol. The van der Waals surface area contributed by atoms with E-state index in [0.29, 0.717) is 17.0 Å². The van der Waals surface area contributed by atoms with E-state index < -0.39 is 0 Å². The van der Waals surface area contributed by atoms with Gasteiger partial charge in [0.15, 0.2) is 0 Å². The number of ether oxygens (including phenoxy) is 1. The van der Waals surface area contributed by atoms with Gasteiger partial charge in [-0.2, -0.15) is 0 Å². The van der Waals surface area contributed by atoms with Crippen LogP contribution < -0.4 is 10.5 Å². The van der Waals surface area contributed by atoms with Gasteiger partial charge in [-0.3, -0.25) is 9.79 Å². The number of halogens is 1. The van der Waals surface area contributed by atoms with Crippen LogP contribution in [0.15, 0.2) is 52.3 Å². The summed E-state index contributed by atoms with van der Waals surface area (Å²) in [7, 11) is 1.78. The van der Waals surface area contributed by atoms with Crippen LogP contribution in [0, 0.1) is 0 Å². The van der Waals surface area contributed by atoms with Crippen LogP contribution in [-0.4, -0.2) is 36.6 Å². The molecular weight excluding hydrogens is 374 g/mol. The zero-order valence-corrected chi connectivity index (χ0v) is 16.4. The molecule has 0 unspecified atom stereocenters. The van der Waals surface area contributed by atoms with E-state index in [0.717, 1.165) is 59.9 Å². The molecule has 0 amide bonds. The van der Waals surface area contributed by atoms with Gasteiger partial charge in [0.2, 0.25) is 0 Å². The highest BCUT2D eigenvalue weighted by Gasteiger charge is 2.24. The van der Waals surface area contributed by atoms with Crippen LogP contribution in [0.2, 0.25) is 5.02 Å². The van der Waals surface area contributed by atoms with Gasteiger partial charge in [0, 0.05) is 37.6 Å². The highest BCUT2D eigenvalue weighted by molar-refractivity contribution is 6.39. The third kappa shape index (κ3) is 2.74. The number of aromatic nitrogens is 1. The van der Waals surface area contributed by atoms with Crippen molar-refractivity contribution in [3.63, 3.8) is 0 Å². The fraction of sp³-hybridized carbons (Fsp3) is 0.273. The number of hydrogen-bond acceptors (Lipinski definition) is 4. The summed E-state index contributed by atoms with van der Waals surface area (Å²) in [6.45, 7) is 3.25. The molecule has 5 rings (SSSR count). The van der Waals surface area contributed by atoms with E-state index in [9.17, 15) is 4.79 Å². The minimum Gasteiger partial charge on any atom is -0.378 e. The largest absolute Gasteiger partial charge is 0.378 e. The predicted octanol–water partition coefficient (Wildman–Crippen LogP) is 3.71. The van der Waals surface area contributed by atoms with E-state index in [2.05, 4.69) is 23.1 Å². The normalized spacial score (nSPS) is 16.4. The first kappa shape index (κ1) is 17.5. The molecule has 0 radical (unpaired) electrons. The van der Waals surface area contributed by atoms with Gasteiger partial charge in [-0.25, -0.2) is 0 Å². The molecule has 142 valence electrons. The standard InChI is InChI=1S/C22H20ClN3O2/c1-25-19-5-3-2-4-16(19)21(23)20(22(25)27)18-12-14-6-7-15(13-17(14)24-18)26-8-10-28-11-9-26/h2-7,13H,8-12H2,1H3. The summed E-state index contributed by atoms with van der Waals surface area (Å²) < 4.78 is 7.09. The van der Waals surface area contributed by atoms with Gasteiger partial charge in [0.05, 0.1) is 40.7 Å². The van der Waals surface area contributed by atoms with E-state index in [1.165, 1.54) is 0 Å². The molecule has 28 heavy (non-hydrogen) atoms. The molecule has 0 N–H and O–H groups in total. The molecule has 0 bridgehead atoms. The molecule has 3 heterocycles. The van der Waals surface area contributed by atoms with Crippen molar-refractivity contribution in [1.29, 1.82) is 0 Å². The van der Waals surface area contributed by atoms with Crippen LogP contribution in [0.5, 0.6) is 0 Å². The number of rotatable bonds is 2. The molecule has 6 heteroatoms. The first-order chi connectivity index (χ1) is 13.6. The monoisotopic (exact) mass is 393 g/mol. The average molecular weight is 394 g/mol. The van der Waals surface area contributed by atoms with Crippen molar-refractivity contribution < 1.29 is 4.74 Å². The molecule has 5 nitrogen and oxygen atoms in total. The van der Waals surface area contributed by atoms with Crippen LogP contribution in [0.3, 0.4) is 0 Å². The molecule has 2 aromatic carbocycles. The number of hydrogen-bond donors (Lipinski definition) is 0. The lowest BCUT2D eigenvalue weighted by molar-refractivity contribution is 0.122. The van der Waals surface area contributed by atoms with Gasteiger partial charge in [0.1, 0.15) is 0 Å². The summed E-state index contributed by atoms with van der Waals surface area (Å²) in [5, 5.41) is 1.35. The third-order valence-electron chi connectivity index (χ3n) is 5.59. The first-order valence-electron chi connectivity index (χ1n) is 9.44. The molecule has 1 saturated heterocycles. The van der Waals surface area contributed by atoms with Crippen molar-refractivity contribution in [3.05, 3.63) is 69.0 Å². The minimum absolute atomic E-state index is 0.108. The van der Waals surface area contributed by atoms with Crippen molar-refractivity contribution in [2.45, 2.75) is 6.42 Å². The SMILES string of the molecule is Cn1c(=O)c(C2=Nc3cc(N4CCOCC4)ccc3C2)c(Cl)c2ccccc21. The Balaban J connectivity index is 1.59. The summed E-state index contributed by atoms with van der Waals surface area (Å²) in [6, 6.07) is 14.0. The number of para-hydroxylation sites is 1. The third-order valence-corrected chi connectivity index (χ3v) is 5.98. The van der Waals surface area contributed by atoms with Crippen LogP contribution in [0.4, 0.5) is 11.4 Å². The van der Waals surface area contributed by atoms with Crippen molar-refractivity contribution in [3.8, 4) is 0 Å². The Morgan fingerprint density at radius 3 is 2.71 bits per heavy atom. The molecule has 0 aliphatic carbocycles. The summed E-state index contributed by atoms with van der Waals surface area (Å²) in [5.74, 6) is 0. The molecule has 1 fully saturated rings. The molecule has 1 aromatic heterocycles. The number of aryl methyl sites for hydroxylation is 1. The van der Waals surface area contributed by atoms with E-state index >= 15 is 0 Å². The Morgan fingerprint density at radius 2 is 1.89 bits per heavy atom. The lowest BCUT2D eigenvalue weighted by Gasteiger charge is -2.29. The van der Waals surface area contributed by atoms with Gasteiger partial charge >= 0.3 is 0 Å². The molecule has 0 spiro atoms. The second-order valence-corrected chi connectivity index (χ2v) is 7.60. The van der Waals surface area contributed by atoms with Crippen LogP contribution in [0.25, 0.3) is 10.9 Å². The first-order valence-corrected chi connectivity index (χ1v) is 9.82. The Labute approximate surface area is 167 Å². The Morgan fingerprint density at radius 1 is 1.11 bits per heavy atom. The number of benzene rings is 2. The Bertz CT molecular complexity index is 1180. The number of nitrogens with zero attached hydrogens (tertiary/aromatic N) is 3. The van der Waals surface area contributed by atoms with Gasteiger partial charge in [0.25, 0.3) is 5.56 Å². The highest BCUT2D eigenvalue weighted by atomic mass is 35.5. The molecule has 2 aliphatic rings. The summed E-state index contributed by atoms with van der Waals surface area (Å²) >= 11 is 6.68. The highest BCUT2D eigenvalue weighted by Crippen LogP contribution is 2.35. The lowest BCUT2D eigenvalue weighted by atomic mass is 10.0. The number of fused-ring (bicyclic) bond motifs is 2. The maximum atomic E-state index is 13.0. The fourth-order valence-corrected chi connectivity index (χ4v) is 4.39. The topological polar surface area (TPSA) is 46.8 Å². The number of morpholine rings is 1. The number of pyridine rings is 1. The van der Waals surface area contributed by atoms with Gasteiger partial charge in [-0.15, -0.1) is 0 Å². The van der Waals surface area contributed by atoms with E-state index in [1.54, 1.807) is 11.6 Å². The van der Waals surface area contributed by atoms with E-state index in [-0.39, 0.29) is 5.56 Å². The fourth-order valence-electron chi connectivity index (χ4n) is 4.04. The maximum Gasteiger partial charge on any atom is 0.261 e. The summed E-state index contributed by atoms with van der Waals surface area (Å²) in [6.07, 6.45) is 0.617. The van der Waals surface area contributed by atoms with Crippen LogP contribution >= 0.6 is 11.6 Å². The summed E-state index contributed by atoms with van der Waals surface area (Å²) in [5.41, 5.74) is 5.15. The number of anilines is 1. The second-order valence-electron chi connectivity index (χ2n) is 7.22. The maximum absolute atomic E-state index is 13.0. The number of aliphatic imine (C=N–C) groups is 1. The van der Waals surface area contributed by atoms with Crippen molar-refractivity contribution in [1.82, 2.24) is 4.57 Å². The smallest absolute Gasteiger partial charge is 0.261 e. The zero-order chi connectivity index (χ0) is 19.3. The molecule has 0 saturated carbocycles. The average Bonchev–Trinajstić information content (AvgIpc) is 3.15. The minimum atomic E-state index is -0.108. The van der Waals surface area contributed by atoms with Gasteiger partial charge in [-0.05, 0) is 23.8 Å². The molecule has 2 aliphatic heterocycles. The second kappa shape index (κ2) is 6.76. The molecular formula is C22H20ClN3O2. The van der Waals surface area contributed by atoms with Crippen molar-refractivity contribution in [2.24, 2.45) is 12.0 Å². The van der Waals surface area contributed by atoms with Crippen molar-refractivity contribution in [2.75, 3.05) is 31.2 Å². The Hall–Kier alpha value is -2.63. The Kier molecular flexibility index (Phi) is 4.22. The van der Waals surface area contributed by atoms with E-state index in [4.69, 9.17) is 21.3 Å². The van der Waals surface area contributed by atoms with E-state index in [1.807, 2.05) is 24.3 Å². The summed E-state index contributed by atoms with van der Waals surface area (Å²) in [4.78, 5) is 20.1. The molecule has 0 atom stereocenters. The van der Waals surface area contributed by atoms with Crippen LogP contribution in [0.1, 0.15) is 11.1 Å². The van der Waals surface area contributed by atoms with Gasteiger partial charge < -0.3 is 14.2 Å². The van der Waals surface area contributed by atoms with Crippen LogP contribution in [-0.2, 0) is 18.2 Å². The van der Waals surface area contributed by atoms with Crippen molar-refractivity contribution >= 4 is 39.6 Å². The van der Waals surface area contributed by atoms with Gasteiger partial charge in [-0.1, -0.05) is 35.9 Å².